The Labute approximate surface area is 98.9 Å². The first-order valence-electron chi connectivity index (χ1n) is 5.51. The highest BCUT2D eigenvalue weighted by atomic mass is 16.5. The van der Waals surface area contributed by atoms with Crippen molar-refractivity contribution in [2.45, 2.75) is 13.0 Å². The number of aryl methyl sites for hydroxylation is 1. The molecule has 0 saturated heterocycles. The summed E-state index contributed by atoms with van der Waals surface area (Å²) in [4.78, 5) is 16.3. The van der Waals surface area contributed by atoms with E-state index in [-0.39, 0.29) is 11.8 Å². The number of imidazole rings is 1. The summed E-state index contributed by atoms with van der Waals surface area (Å²) in [6.07, 6.45) is 5.10. The molecule has 0 saturated carbocycles. The highest BCUT2D eigenvalue weighted by Gasteiger charge is 2.29. The van der Waals surface area contributed by atoms with Crippen LogP contribution in [-0.4, -0.2) is 21.9 Å². The number of hydrogen-bond donors (Lipinski definition) is 0. The predicted octanol–water partition coefficient (Wildman–Crippen LogP) is 2.01. The zero-order chi connectivity index (χ0) is 11.8. The van der Waals surface area contributed by atoms with E-state index in [0.717, 1.165) is 5.56 Å². The number of hydrogen-bond acceptors (Lipinski definition) is 3. The van der Waals surface area contributed by atoms with Gasteiger partial charge in [-0.2, -0.15) is 0 Å². The molecule has 0 N–H and O–H groups in total. The Hall–Kier alpha value is -2.10. The minimum Gasteiger partial charge on any atom is -0.490 e. The van der Waals surface area contributed by atoms with Crippen molar-refractivity contribution < 1.29 is 9.53 Å². The third-order valence-electron chi connectivity index (χ3n) is 2.98. The van der Waals surface area contributed by atoms with Crippen molar-refractivity contribution in [3.8, 4) is 5.75 Å². The first-order valence-corrected chi connectivity index (χ1v) is 5.51. The van der Waals surface area contributed by atoms with Crippen molar-refractivity contribution in [3.63, 3.8) is 0 Å². The number of ketones is 1. The van der Waals surface area contributed by atoms with Crippen LogP contribution in [0.2, 0.25) is 0 Å². The first kappa shape index (κ1) is 10.1. The Balaban J connectivity index is 2.03. The van der Waals surface area contributed by atoms with Crippen molar-refractivity contribution in [2.75, 3.05) is 6.61 Å². The van der Waals surface area contributed by atoms with E-state index in [9.17, 15) is 4.79 Å². The number of carbonyl (C=O) groups excluding carboxylic acids is 1. The Morgan fingerprint density at radius 1 is 1.47 bits per heavy atom. The number of fused-ring (bicyclic) bond motifs is 1. The lowest BCUT2D eigenvalue weighted by atomic mass is 9.99. The molecule has 3 rings (SSSR count). The summed E-state index contributed by atoms with van der Waals surface area (Å²) in [7, 11) is 0. The van der Waals surface area contributed by atoms with Crippen molar-refractivity contribution in [1.29, 1.82) is 0 Å². The largest absolute Gasteiger partial charge is 0.490 e. The van der Waals surface area contributed by atoms with Gasteiger partial charge in [0.25, 0.3) is 0 Å². The third kappa shape index (κ3) is 1.62. The SMILES string of the molecule is Cc1ccc2c(c1)C(=O)C(n1ccnc1)CO2. The van der Waals surface area contributed by atoms with Crippen LogP contribution < -0.4 is 4.74 Å². The summed E-state index contributed by atoms with van der Waals surface area (Å²) < 4.78 is 7.40. The van der Waals surface area contributed by atoms with E-state index in [1.165, 1.54) is 0 Å². The number of Topliss-reactive ketones (excluding diaryl/α,β-unsaturated/α-hetero) is 1. The van der Waals surface area contributed by atoms with E-state index in [1.54, 1.807) is 23.3 Å². The average Bonchev–Trinajstić information content (AvgIpc) is 2.84. The van der Waals surface area contributed by atoms with Gasteiger partial charge in [-0.05, 0) is 19.1 Å². The quantitative estimate of drug-likeness (QED) is 0.750. The van der Waals surface area contributed by atoms with Crippen molar-refractivity contribution in [1.82, 2.24) is 9.55 Å². The number of carbonyl (C=O) groups is 1. The molecular formula is C13H12N2O2. The lowest BCUT2D eigenvalue weighted by molar-refractivity contribution is 0.0841. The van der Waals surface area contributed by atoms with E-state index in [0.29, 0.717) is 17.9 Å². The van der Waals surface area contributed by atoms with Gasteiger partial charge in [0.15, 0.2) is 5.78 Å². The second kappa shape index (κ2) is 3.73. The van der Waals surface area contributed by atoms with Gasteiger partial charge in [-0.25, -0.2) is 4.98 Å². The third-order valence-corrected chi connectivity index (χ3v) is 2.98. The van der Waals surface area contributed by atoms with Gasteiger partial charge in [-0.3, -0.25) is 4.79 Å². The molecule has 1 aliphatic rings. The first-order chi connectivity index (χ1) is 8.25. The van der Waals surface area contributed by atoms with Crippen LogP contribution in [0.3, 0.4) is 0 Å². The maximum atomic E-state index is 12.3. The fourth-order valence-corrected chi connectivity index (χ4v) is 2.06. The van der Waals surface area contributed by atoms with Crippen LogP contribution in [0.25, 0.3) is 0 Å². The topological polar surface area (TPSA) is 44.1 Å². The number of nitrogens with zero attached hydrogens (tertiary/aromatic N) is 2. The van der Waals surface area contributed by atoms with Crippen molar-refractivity contribution in [3.05, 3.63) is 48.0 Å². The molecule has 4 nitrogen and oxygen atoms in total. The molecule has 0 amide bonds. The maximum absolute atomic E-state index is 12.3. The standard InChI is InChI=1S/C13H12N2O2/c1-9-2-3-12-10(6-9)13(16)11(7-17-12)15-5-4-14-8-15/h2-6,8,11H,7H2,1H3. The molecular weight excluding hydrogens is 216 g/mol. The number of ether oxygens (including phenoxy) is 1. The van der Waals surface area contributed by atoms with Crippen LogP contribution in [0.4, 0.5) is 0 Å². The van der Waals surface area contributed by atoms with Crippen LogP contribution in [0.15, 0.2) is 36.9 Å². The molecule has 0 fully saturated rings. The van der Waals surface area contributed by atoms with Crippen molar-refractivity contribution >= 4 is 5.78 Å². The van der Waals surface area contributed by atoms with E-state index >= 15 is 0 Å². The second-order valence-corrected chi connectivity index (χ2v) is 4.20. The van der Waals surface area contributed by atoms with Crippen molar-refractivity contribution in [2.24, 2.45) is 0 Å². The van der Waals surface area contributed by atoms with Gasteiger partial charge in [0.2, 0.25) is 0 Å². The Kier molecular flexibility index (Phi) is 2.21. The van der Waals surface area contributed by atoms with Crippen LogP contribution >= 0.6 is 0 Å². The molecule has 4 heteroatoms. The van der Waals surface area contributed by atoms with E-state index in [4.69, 9.17) is 4.74 Å². The van der Waals surface area contributed by atoms with Gasteiger partial charge >= 0.3 is 0 Å². The molecule has 1 aliphatic heterocycles. The fraction of sp³-hybridized carbons (Fsp3) is 0.231. The van der Waals surface area contributed by atoms with Gasteiger partial charge in [-0.15, -0.1) is 0 Å². The Bertz CT molecular complexity index is 561. The molecule has 2 aromatic rings. The summed E-state index contributed by atoms with van der Waals surface area (Å²) in [5, 5.41) is 0. The Morgan fingerprint density at radius 3 is 3.12 bits per heavy atom. The van der Waals surface area contributed by atoms with Gasteiger partial charge in [0.05, 0.1) is 11.9 Å². The monoisotopic (exact) mass is 228 g/mol. The van der Waals surface area contributed by atoms with Crippen LogP contribution in [-0.2, 0) is 0 Å². The number of benzene rings is 1. The van der Waals surface area contributed by atoms with E-state index < -0.39 is 0 Å². The summed E-state index contributed by atoms with van der Waals surface area (Å²) >= 11 is 0. The maximum Gasteiger partial charge on any atom is 0.192 e. The number of aromatic nitrogens is 2. The fourth-order valence-electron chi connectivity index (χ4n) is 2.06. The summed E-state index contributed by atoms with van der Waals surface area (Å²) in [5.41, 5.74) is 1.72. The second-order valence-electron chi connectivity index (χ2n) is 4.20. The zero-order valence-electron chi connectivity index (χ0n) is 9.46. The van der Waals surface area contributed by atoms with Gasteiger partial charge in [-0.1, -0.05) is 11.6 Å². The van der Waals surface area contributed by atoms with Gasteiger partial charge in [0, 0.05) is 12.4 Å². The summed E-state index contributed by atoms with van der Waals surface area (Å²) in [6, 6.07) is 5.38. The summed E-state index contributed by atoms with van der Waals surface area (Å²) in [6.45, 7) is 2.33. The lowest BCUT2D eigenvalue weighted by Crippen LogP contribution is -2.29. The minimum atomic E-state index is -0.299. The van der Waals surface area contributed by atoms with E-state index in [1.807, 2.05) is 25.1 Å². The van der Waals surface area contributed by atoms with Gasteiger partial charge in [0.1, 0.15) is 18.4 Å². The molecule has 1 aromatic heterocycles. The molecule has 0 bridgehead atoms. The molecule has 17 heavy (non-hydrogen) atoms. The van der Waals surface area contributed by atoms with Crippen LogP contribution in [0, 0.1) is 6.92 Å². The predicted molar refractivity (Wildman–Crippen MR) is 62.3 cm³/mol. The summed E-state index contributed by atoms with van der Waals surface area (Å²) in [5.74, 6) is 0.768. The molecule has 86 valence electrons. The molecule has 1 atom stereocenters. The highest BCUT2D eigenvalue weighted by Crippen LogP contribution is 2.30. The molecule has 0 spiro atoms. The molecule has 2 heterocycles. The molecule has 0 radical (unpaired) electrons. The normalized spacial score (nSPS) is 18.6. The van der Waals surface area contributed by atoms with E-state index in [2.05, 4.69) is 4.98 Å². The average molecular weight is 228 g/mol. The zero-order valence-corrected chi connectivity index (χ0v) is 9.46. The minimum absolute atomic E-state index is 0.0907. The van der Waals surface area contributed by atoms with Crippen LogP contribution in [0.1, 0.15) is 22.0 Å². The smallest absolute Gasteiger partial charge is 0.192 e. The number of rotatable bonds is 1. The van der Waals surface area contributed by atoms with Crippen LogP contribution in [0.5, 0.6) is 5.75 Å². The molecule has 1 aromatic carbocycles. The van der Waals surface area contributed by atoms with Gasteiger partial charge < -0.3 is 9.30 Å². The molecule has 1 unspecified atom stereocenters. The Morgan fingerprint density at radius 2 is 2.35 bits per heavy atom. The molecule has 0 aliphatic carbocycles. The lowest BCUT2D eigenvalue weighted by Gasteiger charge is -2.25. The highest BCUT2D eigenvalue weighted by molar-refractivity contribution is 6.02.